The fraction of sp³-hybridized carbons (Fsp3) is 0.545. The number of aromatic nitrogens is 2. The molecule has 1 aromatic carbocycles. The summed E-state index contributed by atoms with van der Waals surface area (Å²) in [7, 11) is 1.54. The lowest BCUT2D eigenvalue weighted by Crippen LogP contribution is -2.53. The van der Waals surface area contributed by atoms with Crippen LogP contribution in [0.25, 0.3) is 0 Å². The Balaban J connectivity index is 1.36. The van der Waals surface area contributed by atoms with Gasteiger partial charge in [-0.25, -0.2) is 14.4 Å². The average Bonchev–Trinajstić information content (AvgIpc) is 2.72. The molecule has 1 atom stereocenters. The van der Waals surface area contributed by atoms with Crippen LogP contribution in [0, 0.1) is 11.2 Å². The topological polar surface area (TPSA) is 87.7 Å². The maximum Gasteiger partial charge on any atom is 0.219 e. The molecular weight excluding hydrogens is 385 g/mol. The van der Waals surface area contributed by atoms with Crippen LogP contribution >= 0.6 is 0 Å². The smallest absolute Gasteiger partial charge is 0.219 e. The first-order chi connectivity index (χ1) is 14.4. The van der Waals surface area contributed by atoms with Crippen molar-refractivity contribution in [3.63, 3.8) is 0 Å². The zero-order valence-electron chi connectivity index (χ0n) is 17.4. The third-order valence-electron chi connectivity index (χ3n) is 6.40. The average molecular weight is 416 g/mol. The molecule has 8 heteroatoms. The molecular formula is C22H30FN5O2. The molecule has 4 rings (SSSR count). The van der Waals surface area contributed by atoms with E-state index >= 15 is 0 Å². The van der Waals surface area contributed by atoms with Crippen molar-refractivity contribution in [1.82, 2.24) is 19.8 Å². The Morgan fingerprint density at radius 2 is 1.93 bits per heavy atom. The fourth-order valence-electron chi connectivity index (χ4n) is 4.86. The highest BCUT2D eigenvalue weighted by atomic mass is 19.1. The van der Waals surface area contributed by atoms with E-state index in [1.807, 2.05) is 0 Å². The van der Waals surface area contributed by atoms with Crippen molar-refractivity contribution in [1.29, 1.82) is 0 Å². The Kier molecular flexibility index (Phi) is 6.17. The van der Waals surface area contributed by atoms with Gasteiger partial charge < -0.3 is 15.6 Å². The number of ether oxygens (including phenoxy) is 1. The summed E-state index contributed by atoms with van der Waals surface area (Å²) >= 11 is 0. The number of rotatable bonds is 5. The molecule has 1 spiro atoms. The summed E-state index contributed by atoms with van der Waals surface area (Å²) in [6.45, 7) is 4.71. The highest BCUT2D eigenvalue weighted by Gasteiger charge is 2.41. The molecule has 3 N–H and O–H groups in total. The molecule has 3 heterocycles. The number of nitrogen functional groups attached to an aromatic ring is 1. The molecule has 1 unspecified atom stereocenters. The van der Waals surface area contributed by atoms with Crippen LogP contribution in [0.5, 0.6) is 5.75 Å². The number of halogens is 1. The second-order valence-corrected chi connectivity index (χ2v) is 8.71. The normalized spacial score (nSPS) is 22.3. The summed E-state index contributed by atoms with van der Waals surface area (Å²) in [5.41, 5.74) is 7.37. The molecule has 0 radical (unpaired) electrons. The van der Waals surface area contributed by atoms with Crippen LogP contribution in [0.3, 0.4) is 0 Å². The predicted molar refractivity (Wildman–Crippen MR) is 112 cm³/mol. The Morgan fingerprint density at radius 1 is 1.20 bits per heavy atom. The van der Waals surface area contributed by atoms with Gasteiger partial charge in [0.15, 0.2) is 0 Å². The van der Waals surface area contributed by atoms with Gasteiger partial charge in [0.1, 0.15) is 11.6 Å². The van der Waals surface area contributed by atoms with Gasteiger partial charge >= 0.3 is 0 Å². The van der Waals surface area contributed by atoms with Crippen molar-refractivity contribution in [2.75, 3.05) is 39.0 Å². The molecule has 2 aliphatic rings. The second-order valence-electron chi connectivity index (χ2n) is 8.71. The zero-order valence-corrected chi connectivity index (χ0v) is 17.4. The quantitative estimate of drug-likeness (QED) is 0.773. The van der Waals surface area contributed by atoms with Crippen LogP contribution in [-0.2, 0) is 13.1 Å². The monoisotopic (exact) mass is 415 g/mol. The Bertz CT molecular complexity index is 855. The third kappa shape index (κ3) is 4.88. The minimum Gasteiger partial charge on any atom is -0.497 e. The van der Waals surface area contributed by atoms with Gasteiger partial charge in [-0.15, -0.1) is 0 Å². The summed E-state index contributed by atoms with van der Waals surface area (Å²) in [4.78, 5) is 12.7. The van der Waals surface area contributed by atoms with Crippen LogP contribution in [0.1, 0.15) is 30.4 Å². The molecule has 0 aliphatic carbocycles. The number of nitrogens with zero attached hydrogens (tertiary/aromatic N) is 4. The molecule has 2 saturated heterocycles. The van der Waals surface area contributed by atoms with Crippen molar-refractivity contribution >= 4 is 5.95 Å². The number of nitrogens with two attached hydrogens (primary N) is 1. The van der Waals surface area contributed by atoms with Gasteiger partial charge in [-0.2, -0.15) is 0 Å². The number of aliphatic hydroxyl groups excluding tert-OH is 1. The largest absolute Gasteiger partial charge is 0.497 e. The molecule has 2 fully saturated rings. The highest BCUT2D eigenvalue weighted by Crippen LogP contribution is 2.40. The number of methoxy groups -OCH3 is 1. The van der Waals surface area contributed by atoms with Gasteiger partial charge in [-0.3, -0.25) is 9.80 Å². The van der Waals surface area contributed by atoms with E-state index in [4.69, 9.17) is 10.5 Å². The first-order valence-electron chi connectivity index (χ1n) is 10.5. The molecule has 0 bridgehead atoms. The Morgan fingerprint density at radius 3 is 2.60 bits per heavy atom. The SMILES string of the molecule is COc1ccc(CN2CCC3(CC2)CC(O)CN(Cc2cnc(N)nc2)C3)c(F)c1. The zero-order chi connectivity index (χ0) is 21.1. The number of benzene rings is 1. The number of aliphatic hydroxyl groups is 1. The van der Waals surface area contributed by atoms with Crippen molar-refractivity contribution in [3.8, 4) is 5.75 Å². The summed E-state index contributed by atoms with van der Waals surface area (Å²) < 4.78 is 19.4. The highest BCUT2D eigenvalue weighted by molar-refractivity contribution is 5.29. The second kappa shape index (κ2) is 8.83. The number of likely N-dealkylation sites (tertiary alicyclic amines) is 2. The molecule has 30 heavy (non-hydrogen) atoms. The number of anilines is 1. The lowest BCUT2D eigenvalue weighted by Gasteiger charge is -2.49. The van der Waals surface area contributed by atoms with Crippen LogP contribution in [0.4, 0.5) is 10.3 Å². The van der Waals surface area contributed by atoms with E-state index in [9.17, 15) is 9.50 Å². The van der Waals surface area contributed by atoms with Crippen LogP contribution in [0.2, 0.25) is 0 Å². The van der Waals surface area contributed by atoms with E-state index in [1.165, 1.54) is 6.07 Å². The van der Waals surface area contributed by atoms with E-state index in [2.05, 4.69) is 19.8 Å². The van der Waals surface area contributed by atoms with Gasteiger partial charge in [0.25, 0.3) is 0 Å². The molecule has 0 amide bonds. The molecule has 1 aromatic heterocycles. The van der Waals surface area contributed by atoms with Gasteiger partial charge in [-0.05, 0) is 43.8 Å². The van der Waals surface area contributed by atoms with E-state index in [-0.39, 0.29) is 23.3 Å². The number of hydrogen-bond donors (Lipinski definition) is 2. The number of β-amino-alcohol motifs (C(OH)–C–C–N with tert-alkyl or cyclic N) is 1. The van der Waals surface area contributed by atoms with Crippen LogP contribution in [0.15, 0.2) is 30.6 Å². The third-order valence-corrected chi connectivity index (χ3v) is 6.40. The Hall–Kier alpha value is -2.29. The molecule has 2 aliphatic heterocycles. The van der Waals surface area contributed by atoms with Crippen LogP contribution in [-0.4, -0.2) is 64.3 Å². The van der Waals surface area contributed by atoms with Crippen LogP contribution < -0.4 is 10.5 Å². The van der Waals surface area contributed by atoms with Crippen molar-refractivity contribution in [2.45, 2.75) is 38.5 Å². The fourth-order valence-corrected chi connectivity index (χ4v) is 4.86. The minimum atomic E-state index is -0.334. The van der Waals surface area contributed by atoms with E-state index in [0.29, 0.717) is 30.9 Å². The van der Waals surface area contributed by atoms with E-state index < -0.39 is 0 Å². The Labute approximate surface area is 176 Å². The van der Waals surface area contributed by atoms with Gasteiger partial charge in [0, 0.05) is 55.8 Å². The van der Waals surface area contributed by atoms with E-state index in [1.54, 1.807) is 31.6 Å². The lowest BCUT2D eigenvalue weighted by atomic mass is 9.71. The summed E-state index contributed by atoms with van der Waals surface area (Å²) in [5, 5.41) is 10.5. The summed E-state index contributed by atoms with van der Waals surface area (Å²) in [6, 6.07) is 5.05. The lowest BCUT2D eigenvalue weighted by molar-refractivity contribution is -0.0448. The molecule has 162 valence electrons. The summed E-state index contributed by atoms with van der Waals surface area (Å²) in [5.74, 6) is 0.589. The maximum absolute atomic E-state index is 14.3. The van der Waals surface area contributed by atoms with E-state index in [0.717, 1.165) is 44.5 Å². The molecule has 2 aromatic rings. The van der Waals surface area contributed by atoms with Gasteiger partial charge in [0.05, 0.1) is 13.2 Å². The first kappa shape index (κ1) is 21.0. The van der Waals surface area contributed by atoms with Gasteiger partial charge in [-0.1, -0.05) is 6.07 Å². The van der Waals surface area contributed by atoms with Crippen molar-refractivity contribution < 1.29 is 14.2 Å². The first-order valence-corrected chi connectivity index (χ1v) is 10.5. The standard InChI is InChI=1S/C22H30FN5O2/c1-30-19-3-2-17(20(23)8-19)13-27-6-4-22(5-7-27)9-18(29)14-28(15-22)12-16-10-25-21(24)26-11-16/h2-3,8,10-11,18,29H,4-7,9,12-15H2,1H3,(H2,24,25,26). The molecule has 0 saturated carbocycles. The van der Waals surface area contributed by atoms with Crippen molar-refractivity contribution in [2.24, 2.45) is 5.41 Å². The number of piperidine rings is 2. The predicted octanol–water partition coefficient (Wildman–Crippen LogP) is 2.06. The number of hydrogen-bond acceptors (Lipinski definition) is 7. The van der Waals surface area contributed by atoms with Gasteiger partial charge in [0.2, 0.25) is 5.95 Å². The minimum absolute atomic E-state index is 0.0985. The maximum atomic E-state index is 14.3. The summed E-state index contributed by atoms with van der Waals surface area (Å²) in [6.07, 6.45) is 5.99. The molecule has 7 nitrogen and oxygen atoms in total. The van der Waals surface area contributed by atoms with Crippen molar-refractivity contribution in [3.05, 3.63) is 47.5 Å².